The van der Waals surface area contributed by atoms with Crippen molar-refractivity contribution in [2.45, 2.75) is 39.2 Å². The van der Waals surface area contributed by atoms with Gasteiger partial charge in [-0.05, 0) is 48.8 Å². The zero-order chi connectivity index (χ0) is 22.6. The fraction of sp³-hybridized carbons (Fsp3) is 0.241. The minimum absolute atomic E-state index is 0.256. The number of imidazole rings is 1. The van der Waals surface area contributed by atoms with Crippen molar-refractivity contribution in [1.82, 2.24) is 9.55 Å². The number of nitrogens with zero attached hydrogens (tertiary/aromatic N) is 2. The fourth-order valence-electron chi connectivity index (χ4n) is 4.92. The van der Waals surface area contributed by atoms with Crippen LogP contribution in [0.25, 0.3) is 22.5 Å². The van der Waals surface area contributed by atoms with Crippen LogP contribution in [-0.2, 0) is 24.2 Å². The minimum atomic E-state index is -0.256. The highest BCUT2D eigenvalue weighted by Crippen LogP contribution is 2.35. The molecule has 0 N–H and O–H groups in total. The molecule has 0 aliphatic heterocycles. The molecule has 0 spiro atoms. The van der Waals surface area contributed by atoms with Gasteiger partial charge < -0.3 is 9.30 Å². The van der Waals surface area contributed by atoms with Gasteiger partial charge in [0.25, 0.3) is 0 Å². The number of aromatic nitrogens is 2. The molecule has 33 heavy (non-hydrogen) atoms. The van der Waals surface area contributed by atoms with Crippen molar-refractivity contribution in [3.05, 3.63) is 96.3 Å². The maximum atomic E-state index is 11.4. The Labute approximate surface area is 194 Å². The predicted molar refractivity (Wildman–Crippen MR) is 131 cm³/mol. The lowest BCUT2D eigenvalue weighted by Gasteiger charge is -2.26. The summed E-state index contributed by atoms with van der Waals surface area (Å²) < 4.78 is 7.74. The molecule has 4 aromatic rings. The molecule has 0 radical (unpaired) electrons. The number of ether oxygens (including phenoxy) is 1. The quantitative estimate of drug-likeness (QED) is 0.262. The summed E-state index contributed by atoms with van der Waals surface area (Å²) in [5.41, 5.74) is 7.04. The van der Waals surface area contributed by atoms with E-state index in [0.29, 0.717) is 5.92 Å². The van der Waals surface area contributed by atoms with Crippen LogP contribution < -0.4 is 4.74 Å². The molecular formula is C29H28N2O2. The van der Waals surface area contributed by atoms with Crippen LogP contribution in [0.5, 0.6) is 5.75 Å². The molecule has 0 saturated heterocycles. The second-order valence-electron chi connectivity index (χ2n) is 8.75. The van der Waals surface area contributed by atoms with E-state index in [-0.39, 0.29) is 5.97 Å². The van der Waals surface area contributed by atoms with Crippen molar-refractivity contribution in [2.75, 3.05) is 0 Å². The van der Waals surface area contributed by atoms with Gasteiger partial charge >= 0.3 is 5.97 Å². The first-order chi connectivity index (χ1) is 16.2. The van der Waals surface area contributed by atoms with Crippen LogP contribution >= 0.6 is 0 Å². The first kappa shape index (κ1) is 21.2. The Bertz CT molecular complexity index is 1250. The van der Waals surface area contributed by atoms with Crippen molar-refractivity contribution < 1.29 is 9.53 Å². The summed E-state index contributed by atoms with van der Waals surface area (Å²) in [6.07, 6.45) is 6.15. The van der Waals surface area contributed by atoms with Gasteiger partial charge in [-0.25, -0.2) is 4.98 Å². The van der Waals surface area contributed by atoms with Gasteiger partial charge in [0.15, 0.2) is 0 Å². The summed E-state index contributed by atoms with van der Waals surface area (Å²) >= 11 is 0. The Hall–Kier alpha value is -3.66. The van der Waals surface area contributed by atoms with Crippen molar-refractivity contribution >= 4 is 5.97 Å². The first-order valence-electron chi connectivity index (χ1n) is 11.6. The van der Waals surface area contributed by atoms with Crippen LogP contribution in [0.1, 0.15) is 30.9 Å². The maximum Gasteiger partial charge on any atom is 0.308 e. The molecule has 0 saturated carbocycles. The molecule has 4 heteroatoms. The van der Waals surface area contributed by atoms with Gasteiger partial charge in [-0.1, -0.05) is 72.8 Å². The Morgan fingerprint density at radius 1 is 0.970 bits per heavy atom. The average molecular weight is 437 g/mol. The van der Waals surface area contributed by atoms with Crippen molar-refractivity contribution in [2.24, 2.45) is 5.92 Å². The molecule has 166 valence electrons. The molecule has 0 amide bonds. The molecule has 1 heterocycles. The highest BCUT2D eigenvalue weighted by atomic mass is 16.5. The smallest absolute Gasteiger partial charge is 0.308 e. The highest BCUT2D eigenvalue weighted by Gasteiger charge is 2.23. The van der Waals surface area contributed by atoms with Gasteiger partial charge in [0.2, 0.25) is 0 Å². The Morgan fingerprint density at radius 2 is 1.70 bits per heavy atom. The third kappa shape index (κ3) is 4.61. The number of esters is 1. The zero-order valence-corrected chi connectivity index (χ0v) is 18.9. The van der Waals surface area contributed by atoms with Gasteiger partial charge in [-0.15, -0.1) is 0 Å². The van der Waals surface area contributed by atoms with E-state index >= 15 is 0 Å². The summed E-state index contributed by atoms with van der Waals surface area (Å²) in [6.45, 7) is 2.39. The van der Waals surface area contributed by atoms with Crippen LogP contribution in [0.2, 0.25) is 0 Å². The van der Waals surface area contributed by atoms with Crippen LogP contribution in [-0.4, -0.2) is 15.5 Å². The van der Waals surface area contributed by atoms with Gasteiger partial charge in [-0.3, -0.25) is 4.79 Å². The van der Waals surface area contributed by atoms with E-state index < -0.39 is 0 Å². The van der Waals surface area contributed by atoms with Gasteiger partial charge in [-0.2, -0.15) is 0 Å². The molecule has 0 bridgehead atoms. The zero-order valence-electron chi connectivity index (χ0n) is 18.9. The maximum absolute atomic E-state index is 11.4. The normalized spacial score (nSPS) is 15.1. The van der Waals surface area contributed by atoms with Crippen LogP contribution in [0.15, 0.2) is 85.2 Å². The van der Waals surface area contributed by atoms with Crippen molar-refractivity contribution in [3.63, 3.8) is 0 Å². The minimum Gasteiger partial charge on any atom is -0.426 e. The first-order valence-corrected chi connectivity index (χ1v) is 11.6. The summed E-state index contributed by atoms with van der Waals surface area (Å²) in [6, 6.07) is 27.0. The van der Waals surface area contributed by atoms with Crippen molar-refractivity contribution in [1.29, 1.82) is 0 Å². The Balaban J connectivity index is 1.37. The fourth-order valence-corrected chi connectivity index (χ4v) is 4.92. The number of carbonyl (C=O) groups is 1. The number of aryl methyl sites for hydroxylation is 1. The molecule has 1 aliphatic carbocycles. The SMILES string of the molecule is CC(=O)Oc1cccc2c1CCC(CCn1cnc(-c3ccccc3)c1-c1ccccc1)C2. The highest BCUT2D eigenvalue weighted by molar-refractivity contribution is 5.78. The molecule has 3 aromatic carbocycles. The monoisotopic (exact) mass is 436 g/mol. The second kappa shape index (κ2) is 9.45. The average Bonchev–Trinajstić information content (AvgIpc) is 3.27. The standard InChI is InChI=1S/C29H28N2O2/c1-21(32)33-27-14-8-13-25-19-22(15-16-26(25)27)17-18-31-20-30-28(23-9-4-2-5-10-23)29(31)24-11-6-3-7-12-24/h2-14,20,22H,15-19H2,1H3. The molecule has 1 unspecified atom stereocenters. The summed E-state index contributed by atoms with van der Waals surface area (Å²) in [7, 11) is 0. The van der Waals surface area contributed by atoms with E-state index in [9.17, 15) is 4.79 Å². The molecule has 1 atom stereocenters. The topological polar surface area (TPSA) is 44.1 Å². The molecule has 0 fully saturated rings. The van der Waals surface area contributed by atoms with Crippen LogP contribution in [0.3, 0.4) is 0 Å². The molecule has 5 rings (SSSR count). The largest absolute Gasteiger partial charge is 0.426 e. The third-order valence-corrected chi connectivity index (χ3v) is 6.51. The van der Waals surface area contributed by atoms with E-state index in [0.717, 1.165) is 49.2 Å². The number of carbonyl (C=O) groups excluding carboxylic acids is 1. The predicted octanol–water partition coefficient (Wildman–Crippen LogP) is 6.34. The van der Waals surface area contributed by atoms with Crippen LogP contribution in [0, 0.1) is 5.92 Å². The number of rotatable bonds is 6. The molecule has 1 aromatic heterocycles. The summed E-state index contributed by atoms with van der Waals surface area (Å²) in [5.74, 6) is 1.07. The lowest BCUT2D eigenvalue weighted by Crippen LogP contribution is -2.18. The van der Waals surface area contributed by atoms with Gasteiger partial charge in [0.05, 0.1) is 17.7 Å². The van der Waals surface area contributed by atoms with Crippen LogP contribution in [0.4, 0.5) is 0 Å². The molecular weight excluding hydrogens is 408 g/mol. The van der Waals surface area contributed by atoms with E-state index in [4.69, 9.17) is 9.72 Å². The molecule has 1 aliphatic rings. The second-order valence-corrected chi connectivity index (χ2v) is 8.75. The summed E-state index contributed by atoms with van der Waals surface area (Å²) in [4.78, 5) is 16.3. The Morgan fingerprint density at radius 3 is 2.42 bits per heavy atom. The van der Waals surface area contributed by atoms with Gasteiger partial charge in [0, 0.05) is 24.6 Å². The van der Waals surface area contributed by atoms with E-state index in [1.807, 2.05) is 24.5 Å². The van der Waals surface area contributed by atoms with E-state index in [1.54, 1.807) is 0 Å². The number of fused-ring (bicyclic) bond motifs is 1. The van der Waals surface area contributed by atoms with Crippen molar-refractivity contribution in [3.8, 4) is 28.3 Å². The lowest BCUT2D eigenvalue weighted by atomic mass is 9.82. The van der Waals surface area contributed by atoms with E-state index in [2.05, 4.69) is 65.2 Å². The number of hydrogen-bond acceptors (Lipinski definition) is 3. The Kier molecular flexibility index (Phi) is 6.07. The number of benzene rings is 3. The lowest BCUT2D eigenvalue weighted by molar-refractivity contribution is -0.131. The number of hydrogen-bond donors (Lipinski definition) is 0. The van der Waals surface area contributed by atoms with E-state index in [1.165, 1.54) is 29.3 Å². The third-order valence-electron chi connectivity index (χ3n) is 6.51. The molecule has 4 nitrogen and oxygen atoms in total. The summed E-state index contributed by atoms with van der Waals surface area (Å²) in [5, 5.41) is 0. The van der Waals surface area contributed by atoms with Gasteiger partial charge in [0.1, 0.15) is 5.75 Å².